The zero-order valence-electron chi connectivity index (χ0n) is 7.94. The molecule has 1 atom stereocenters. The molecule has 68 valence electrons. The molecule has 3 heteroatoms. The lowest BCUT2D eigenvalue weighted by Gasteiger charge is -2.04. The van der Waals surface area contributed by atoms with E-state index in [1.165, 1.54) is 6.42 Å². The van der Waals surface area contributed by atoms with Gasteiger partial charge in [0.2, 0.25) is 0 Å². The zero-order valence-corrected chi connectivity index (χ0v) is 7.94. The van der Waals surface area contributed by atoms with E-state index in [4.69, 9.17) is 11.1 Å². The Morgan fingerprint density at radius 1 is 1.67 bits per heavy atom. The first-order valence-corrected chi connectivity index (χ1v) is 4.21. The summed E-state index contributed by atoms with van der Waals surface area (Å²) in [5, 5.41) is 10.4. The second-order valence-electron chi connectivity index (χ2n) is 4.14. The molecule has 1 aliphatic rings. The average Bonchev–Trinajstić information content (AvgIpc) is 2.54. The monoisotopic (exact) mass is 167 g/mol. The first-order chi connectivity index (χ1) is 5.43. The molecule has 12 heavy (non-hydrogen) atoms. The largest absolute Gasteiger partial charge is 0.396 e. The van der Waals surface area contributed by atoms with Gasteiger partial charge in [0, 0.05) is 12.2 Å². The van der Waals surface area contributed by atoms with Crippen LogP contribution >= 0.6 is 0 Å². The molecule has 0 bridgehead atoms. The summed E-state index contributed by atoms with van der Waals surface area (Å²) in [5.74, 6) is 0. The first-order valence-electron chi connectivity index (χ1n) is 4.21. The molecule has 1 aliphatic carbocycles. The lowest BCUT2D eigenvalue weighted by Crippen LogP contribution is -2.18. The molecule has 1 rings (SSSR count). The van der Waals surface area contributed by atoms with Crippen LogP contribution in [0.4, 0.5) is 0 Å². The molecule has 0 amide bonds. The van der Waals surface area contributed by atoms with Crippen LogP contribution in [-0.2, 0) is 0 Å². The van der Waals surface area contributed by atoms with Crippen molar-refractivity contribution in [3.8, 4) is 0 Å². The van der Waals surface area contributed by atoms with Crippen molar-refractivity contribution in [1.82, 2.24) is 5.32 Å². The van der Waals surface area contributed by atoms with Gasteiger partial charge in [-0.2, -0.15) is 0 Å². The minimum absolute atomic E-state index is 0.409. The second-order valence-corrected chi connectivity index (χ2v) is 4.14. The molecule has 0 heterocycles. The molecule has 0 radical (unpaired) electrons. The van der Waals surface area contributed by atoms with E-state index >= 15 is 0 Å². The van der Waals surface area contributed by atoms with Gasteiger partial charge in [0.05, 0.1) is 11.4 Å². The Labute approximate surface area is 73.5 Å². The van der Waals surface area contributed by atoms with Gasteiger partial charge in [-0.05, 0) is 18.8 Å². The van der Waals surface area contributed by atoms with E-state index in [0.29, 0.717) is 22.9 Å². The van der Waals surface area contributed by atoms with Gasteiger partial charge in [-0.1, -0.05) is 13.8 Å². The standard InChI is InChI=1S/C9H17N3/c1-6(10)7(11)5-12-8-4-9(8,2)3/h5,8,10,12H,4,11H2,1-3H3/b7-5+,10-6?/t8-/m0/s1. The Balaban J connectivity index is 2.36. The van der Waals surface area contributed by atoms with Crippen molar-refractivity contribution in [2.45, 2.75) is 33.2 Å². The van der Waals surface area contributed by atoms with Crippen LogP contribution in [0.1, 0.15) is 27.2 Å². The summed E-state index contributed by atoms with van der Waals surface area (Å²) in [6, 6.07) is 0.537. The van der Waals surface area contributed by atoms with Crippen LogP contribution in [-0.4, -0.2) is 11.8 Å². The fourth-order valence-electron chi connectivity index (χ4n) is 1.05. The topological polar surface area (TPSA) is 61.9 Å². The maximum absolute atomic E-state index is 7.23. The van der Waals surface area contributed by atoms with Gasteiger partial charge < -0.3 is 16.5 Å². The van der Waals surface area contributed by atoms with E-state index in [2.05, 4.69) is 19.2 Å². The normalized spacial score (nSPS) is 26.6. The summed E-state index contributed by atoms with van der Waals surface area (Å²) in [6.07, 6.45) is 2.93. The molecule has 0 saturated heterocycles. The number of rotatable bonds is 3. The van der Waals surface area contributed by atoms with Gasteiger partial charge in [0.25, 0.3) is 0 Å². The third-order valence-electron chi connectivity index (χ3n) is 2.39. The van der Waals surface area contributed by atoms with E-state index in [1.807, 2.05) is 0 Å². The lowest BCUT2D eigenvalue weighted by atomic mass is 10.2. The van der Waals surface area contributed by atoms with E-state index in [0.717, 1.165) is 0 Å². The Morgan fingerprint density at radius 3 is 2.50 bits per heavy atom. The first kappa shape index (κ1) is 9.10. The highest BCUT2D eigenvalue weighted by atomic mass is 15.0. The molecule has 0 aliphatic heterocycles. The molecule has 0 aromatic rings. The van der Waals surface area contributed by atoms with Crippen LogP contribution in [0.2, 0.25) is 0 Å². The predicted molar refractivity (Wildman–Crippen MR) is 51.0 cm³/mol. The zero-order chi connectivity index (χ0) is 9.35. The van der Waals surface area contributed by atoms with Crippen molar-refractivity contribution in [3.05, 3.63) is 11.9 Å². The maximum atomic E-state index is 7.23. The lowest BCUT2D eigenvalue weighted by molar-refractivity contribution is 0.585. The van der Waals surface area contributed by atoms with Crippen LogP contribution in [0, 0.1) is 10.8 Å². The van der Waals surface area contributed by atoms with Gasteiger partial charge in [-0.15, -0.1) is 0 Å². The van der Waals surface area contributed by atoms with Gasteiger partial charge in [-0.25, -0.2) is 0 Å². The van der Waals surface area contributed by atoms with Crippen molar-refractivity contribution >= 4 is 5.71 Å². The Bertz CT molecular complexity index is 228. The highest BCUT2D eigenvalue weighted by molar-refractivity contribution is 5.94. The highest BCUT2D eigenvalue weighted by Gasteiger charge is 2.44. The molecule has 0 unspecified atom stereocenters. The van der Waals surface area contributed by atoms with Crippen molar-refractivity contribution in [2.24, 2.45) is 11.1 Å². The van der Waals surface area contributed by atoms with E-state index in [-0.39, 0.29) is 0 Å². The second kappa shape index (κ2) is 2.81. The van der Waals surface area contributed by atoms with Crippen molar-refractivity contribution in [1.29, 1.82) is 5.41 Å². The summed E-state index contributed by atoms with van der Waals surface area (Å²) in [4.78, 5) is 0. The number of nitrogens with one attached hydrogen (secondary N) is 2. The smallest absolute Gasteiger partial charge is 0.0682 e. The molecule has 4 N–H and O–H groups in total. The fraction of sp³-hybridized carbons (Fsp3) is 0.667. The maximum Gasteiger partial charge on any atom is 0.0682 e. The molecule has 1 fully saturated rings. The molecule has 1 saturated carbocycles. The Morgan fingerprint density at radius 2 is 2.17 bits per heavy atom. The number of hydrogen-bond donors (Lipinski definition) is 3. The third kappa shape index (κ3) is 2.00. The van der Waals surface area contributed by atoms with Crippen molar-refractivity contribution < 1.29 is 0 Å². The fourth-order valence-corrected chi connectivity index (χ4v) is 1.05. The van der Waals surface area contributed by atoms with E-state index in [9.17, 15) is 0 Å². The number of hydrogen-bond acceptors (Lipinski definition) is 3. The molecule has 0 aromatic carbocycles. The van der Waals surface area contributed by atoms with Gasteiger partial charge in [0.1, 0.15) is 0 Å². The Hall–Kier alpha value is -0.990. The van der Waals surface area contributed by atoms with Crippen LogP contribution in [0.25, 0.3) is 0 Å². The quantitative estimate of drug-likeness (QED) is 0.553. The summed E-state index contributed by atoms with van der Waals surface area (Å²) < 4.78 is 0. The Kier molecular flexibility index (Phi) is 2.13. The number of nitrogens with two attached hydrogens (primary N) is 1. The summed E-state index contributed by atoms with van der Waals surface area (Å²) in [7, 11) is 0. The van der Waals surface area contributed by atoms with Gasteiger partial charge in [0.15, 0.2) is 0 Å². The predicted octanol–water partition coefficient (Wildman–Crippen LogP) is 1.21. The molecule has 3 nitrogen and oxygen atoms in total. The summed E-state index contributed by atoms with van der Waals surface area (Å²) in [6.45, 7) is 6.11. The van der Waals surface area contributed by atoms with Crippen LogP contribution in [0.3, 0.4) is 0 Å². The van der Waals surface area contributed by atoms with Gasteiger partial charge >= 0.3 is 0 Å². The minimum Gasteiger partial charge on any atom is -0.396 e. The van der Waals surface area contributed by atoms with E-state index < -0.39 is 0 Å². The summed E-state index contributed by atoms with van der Waals surface area (Å²) >= 11 is 0. The SMILES string of the molecule is CC(=N)/C(N)=C\N[C@H]1CC1(C)C. The van der Waals surface area contributed by atoms with Crippen molar-refractivity contribution in [3.63, 3.8) is 0 Å². The highest BCUT2D eigenvalue weighted by Crippen LogP contribution is 2.44. The van der Waals surface area contributed by atoms with Crippen LogP contribution < -0.4 is 11.1 Å². The van der Waals surface area contributed by atoms with Crippen molar-refractivity contribution in [2.75, 3.05) is 0 Å². The van der Waals surface area contributed by atoms with Crippen LogP contribution in [0.15, 0.2) is 11.9 Å². The average molecular weight is 167 g/mol. The molecule has 0 spiro atoms. The molecular formula is C9H17N3. The molecule has 0 aromatic heterocycles. The van der Waals surface area contributed by atoms with Gasteiger partial charge in [-0.3, -0.25) is 0 Å². The minimum atomic E-state index is 0.409. The van der Waals surface area contributed by atoms with Crippen LogP contribution in [0.5, 0.6) is 0 Å². The summed E-state index contributed by atoms with van der Waals surface area (Å²) in [5.41, 5.74) is 6.91. The molecular weight excluding hydrogens is 150 g/mol. The third-order valence-corrected chi connectivity index (χ3v) is 2.39. The number of allylic oxidation sites excluding steroid dienone is 1. The van der Waals surface area contributed by atoms with E-state index in [1.54, 1.807) is 13.1 Å².